The van der Waals surface area contributed by atoms with Gasteiger partial charge in [0.15, 0.2) is 12.4 Å². The van der Waals surface area contributed by atoms with Gasteiger partial charge in [0.25, 0.3) is 5.89 Å². The van der Waals surface area contributed by atoms with Gasteiger partial charge in [-0.15, -0.1) is 11.3 Å². The van der Waals surface area contributed by atoms with Gasteiger partial charge in [-0.2, -0.15) is 10.1 Å². The third-order valence-corrected chi connectivity index (χ3v) is 4.12. The summed E-state index contributed by atoms with van der Waals surface area (Å²) in [6.45, 7) is -0.0991. The maximum atomic E-state index is 12.1. The van der Waals surface area contributed by atoms with Gasteiger partial charge in [0, 0.05) is 18.6 Å². The zero-order valence-electron chi connectivity index (χ0n) is 12.8. The molecule has 8 nitrogen and oxygen atoms in total. The smallest absolute Gasteiger partial charge is 0.340 e. The Balaban J connectivity index is 1.39. The molecule has 124 valence electrons. The van der Waals surface area contributed by atoms with E-state index in [1.54, 1.807) is 35.3 Å². The van der Waals surface area contributed by atoms with Crippen LogP contribution in [-0.4, -0.2) is 30.9 Å². The number of hydrogen-bond donors (Lipinski definition) is 0. The van der Waals surface area contributed by atoms with Crippen LogP contribution in [0.15, 0.2) is 58.8 Å². The van der Waals surface area contributed by atoms with Gasteiger partial charge in [-0.05, 0) is 29.6 Å². The third-order valence-electron chi connectivity index (χ3n) is 3.26. The fourth-order valence-electron chi connectivity index (χ4n) is 2.08. The number of carbonyl (C=O) groups is 1. The number of nitrogens with zero attached hydrogens (tertiary/aromatic N) is 5. The number of pyridine rings is 1. The highest BCUT2D eigenvalue weighted by Gasteiger charge is 2.13. The van der Waals surface area contributed by atoms with Crippen molar-refractivity contribution in [3.63, 3.8) is 0 Å². The van der Waals surface area contributed by atoms with Crippen molar-refractivity contribution in [3.8, 4) is 16.5 Å². The first kappa shape index (κ1) is 15.2. The van der Waals surface area contributed by atoms with E-state index in [0.29, 0.717) is 17.2 Å². The Hall–Kier alpha value is -3.33. The topological polar surface area (TPSA) is 95.9 Å². The van der Waals surface area contributed by atoms with E-state index in [2.05, 4.69) is 20.2 Å². The second-order valence-corrected chi connectivity index (χ2v) is 5.87. The highest BCUT2D eigenvalue weighted by atomic mass is 32.1. The molecule has 0 amide bonds. The first-order valence-electron chi connectivity index (χ1n) is 7.29. The summed E-state index contributed by atoms with van der Waals surface area (Å²) in [4.78, 5) is 21.3. The monoisotopic (exact) mass is 353 g/mol. The van der Waals surface area contributed by atoms with E-state index in [0.717, 1.165) is 4.88 Å². The lowest BCUT2D eigenvalue weighted by Gasteiger charge is -2.03. The largest absolute Gasteiger partial charge is 0.452 e. The molecule has 0 saturated heterocycles. The first-order chi connectivity index (χ1) is 12.3. The summed E-state index contributed by atoms with van der Waals surface area (Å²) in [5.41, 5.74) is 0.328. The Kier molecular flexibility index (Phi) is 4.05. The molecule has 0 aliphatic heterocycles. The summed E-state index contributed by atoms with van der Waals surface area (Å²) in [5, 5.41) is 9.85. The fourth-order valence-corrected chi connectivity index (χ4v) is 2.73. The number of thiophene rings is 1. The van der Waals surface area contributed by atoms with Crippen LogP contribution >= 0.6 is 11.3 Å². The molecule has 9 heteroatoms. The lowest BCUT2D eigenvalue weighted by Crippen LogP contribution is -2.07. The van der Waals surface area contributed by atoms with Crippen LogP contribution in [0.4, 0.5) is 0 Å². The van der Waals surface area contributed by atoms with Gasteiger partial charge in [0.2, 0.25) is 5.82 Å². The molecule has 0 atom stereocenters. The summed E-state index contributed by atoms with van der Waals surface area (Å²) >= 11 is 1.50. The fraction of sp³-hybridized carbons (Fsp3) is 0.0625. The zero-order chi connectivity index (χ0) is 17.1. The molecule has 4 heterocycles. The average molecular weight is 353 g/mol. The average Bonchev–Trinajstić information content (AvgIpc) is 3.42. The molecule has 0 saturated carbocycles. The van der Waals surface area contributed by atoms with Crippen LogP contribution < -0.4 is 0 Å². The van der Waals surface area contributed by atoms with Crippen LogP contribution in [0.25, 0.3) is 16.5 Å². The molecule has 4 aromatic rings. The van der Waals surface area contributed by atoms with Gasteiger partial charge >= 0.3 is 5.97 Å². The number of esters is 1. The molecule has 0 bridgehead atoms. The second kappa shape index (κ2) is 6.65. The van der Waals surface area contributed by atoms with Crippen molar-refractivity contribution in [1.82, 2.24) is 24.9 Å². The Bertz CT molecular complexity index is 962. The molecular formula is C16H11N5O3S. The number of carbonyl (C=O) groups excluding carboxylic acids is 1. The highest BCUT2D eigenvalue weighted by molar-refractivity contribution is 7.13. The van der Waals surface area contributed by atoms with E-state index in [4.69, 9.17) is 9.26 Å². The molecule has 0 aliphatic carbocycles. The number of ether oxygens (including phenoxy) is 1. The maximum Gasteiger partial charge on any atom is 0.340 e. The summed E-state index contributed by atoms with van der Waals surface area (Å²) < 4.78 is 11.9. The van der Waals surface area contributed by atoms with Crippen LogP contribution in [0.1, 0.15) is 16.2 Å². The Morgan fingerprint density at radius 1 is 1.28 bits per heavy atom. The van der Waals surface area contributed by atoms with Gasteiger partial charge in [0.1, 0.15) is 0 Å². The van der Waals surface area contributed by atoms with Crippen LogP contribution in [0.2, 0.25) is 0 Å². The molecule has 4 aromatic heterocycles. The van der Waals surface area contributed by atoms with Crippen LogP contribution in [-0.2, 0) is 11.3 Å². The normalized spacial score (nSPS) is 10.7. The molecule has 0 N–H and O–H groups in total. The van der Waals surface area contributed by atoms with E-state index < -0.39 is 5.97 Å². The summed E-state index contributed by atoms with van der Waals surface area (Å²) in [5.74, 6) is 0.804. The van der Waals surface area contributed by atoms with Crippen molar-refractivity contribution in [2.45, 2.75) is 6.61 Å². The maximum absolute atomic E-state index is 12.1. The predicted molar refractivity (Wildman–Crippen MR) is 88.1 cm³/mol. The predicted octanol–water partition coefficient (Wildman–Crippen LogP) is 2.74. The van der Waals surface area contributed by atoms with Crippen molar-refractivity contribution in [3.05, 3.63) is 65.8 Å². The number of hydrogen-bond acceptors (Lipinski definition) is 8. The number of rotatable bonds is 5. The first-order valence-corrected chi connectivity index (χ1v) is 8.17. The molecule has 4 rings (SSSR count). The molecule has 0 fully saturated rings. The second-order valence-electron chi connectivity index (χ2n) is 4.92. The summed E-state index contributed by atoms with van der Waals surface area (Å²) in [6.07, 6.45) is 4.85. The number of aromatic nitrogens is 5. The van der Waals surface area contributed by atoms with Crippen molar-refractivity contribution in [2.75, 3.05) is 0 Å². The van der Waals surface area contributed by atoms with Crippen molar-refractivity contribution in [1.29, 1.82) is 0 Å². The SMILES string of the molecule is O=C(OCc1nc(-c2cccs2)no1)c1ccc(-n2cccn2)nc1. The van der Waals surface area contributed by atoms with Gasteiger partial charge < -0.3 is 9.26 Å². The third kappa shape index (κ3) is 3.31. The molecule has 0 aliphatic rings. The van der Waals surface area contributed by atoms with Gasteiger partial charge in [0.05, 0.1) is 10.4 Å². The quantitative estimate of drug-likeness (QED) is 0.509. The standard InChI is InChI=1S/C16H11N5O3S/c22-16(11-4-5-13(17-9-11)21-7-2-6-18-21)23-10-14-19-15(20-24-14)12-3-1-8-25-12/h1-9H,10H2. The van der Waals surface area contributed by atoms with Crippen LogP contribution in [0.5, 0.6) is 0 Å². The molecule has 0 radical (unpaired) electrons. The van der Waals surface area contributed by atoms with Gasteiger partial charge in [-0.3, -0.25) is 0 Å². The minimum absolute atomic E-state index is 0.0991. The lowest BCUT2D eigenvalue weighted by atomic mass is 10.3. The zero-order valence-corrected chi connectivity index (χ0v) is 13.6. The Labute approximate surface area is 145 Å². The van der Waals surface area contributed by atoms with Crippen molar-refractivity contribution in [2.24, 2.45) is 0 Å². The van der Waals surface area contributed by atoms with E-state index in [-0.39, 0.29) is 12.5 Å². The summed E-state index contributed by atoms with van der Waals surface area (Å²) in [7, 11) is 0. The molecule has 0 aromatic carbocycles. The molecule has 25 heavy (non-hydrogen) atoms. The van der Waals surface area contributed by atoms with Gasteiger partial charge in [-0.25, -0.2) is 14.5 Å². The van der Waals surface area contributed by atoms with Crippen molar-refractivity contribution < 1.29 is 14.1 Å². The lowest BCUT2D eigenvalue weighted by molar-refractivity contribution is 0.0429. The Morgan fingerprint density at radius 2 is 2.24 bits per heavy atom. The molecular weight excluding hydrogens is 342 g/mol. The molecule has 0 unspecified atom stereocenters. The van der Waals surface area contributed by atoms with E-state index >= 15 is 0 Å². The minimum Gasteiger partial charge on any atom is -0.452 e. The van der Waals surface area contributed by atoms with Gasteiger partial charge in [-0.1, -0.05) is 11.2 Å². The molecule has 0 spiro atoms. The Morgan fingerprint density at radius 3 is 2.96 bits per heavy atom. The van der Waals surface area contributed by atoms with E-state index in [9.17, 15) is 4.79 Å². The van der Waals surface area contributed by atoms with Crippen molar-refractivity contribution >= 4 is 17.3 Å². The summed E-state index contributed by atoms with van der Waals surface area (Å²) in [6, 6.07) is 8.88. The van der Waals surface area contributed by atoms with E-state index in [1.807, 2.05) is 17.5 Å². The minimum atomic E-state index is -0.518. The van der Waals surface area contributed by atoms with Crippen LogP contribution in [0.3, 0.4) is 0 Å². The highest BCUT2D eigenvalue weighted by Crippen LogP contribution is 2.21. The van der Waals surface area contributed by atoms with Crippen LogP contribution in [0, 0.1) is 0 Å². The van der Waals surface area contributed by atoms with E-state index in [1.165, 1.54) is 17.5 Å².